The second-order valence-corrected chi connectivity index (χ2v) is 4.41. The standard InChI is InChI=1S/C10H16O4/c1-10(9(13)14)4-2-7(3-5-10)6-8(11)12/h7H,2-6H2,1H3,(H,11,12)(H,13,14). The fourth-order valence-electron chi connectivity index (χ4n) is 1.98. The minimum absolute atomic E-state index is 0.167. The van der Waals surface area contributed by atoms with Gasteiger partial charge in [-0.05, 0) is 38.5 Å². The van der Waals surface area contributed by atoms with E-state index in [1.165, 1.54) is 0 Å². The summed E-state index contributed by atoms with van der Waals surface area (Å²) in [6.45, 7) is 1.74. The van der Waals surface area contributed by atoms with E-state index >= 15 is 0 Å². The molecule has 14 heavy (non-hydrogen) atoms. The van der Waals surface area contributed by atoms with E-state index in [1.54, 1.807) is 6.92 Å². The number of rotatable bonds is 3. The highest BCUT2D eigenvalue weighted by Crippen LogP contribution is 2.39. The van der Waals surface area contributed by atoms with Crippen molar-refractivity contribution in [1.82, 2.24) is 0 Å². The van der Waals surface area contributed by atoms with Crippen LogP contribution in [0.3, 0.4) is 0 Å². The van der Waals surface area contributed by atoms with E-state index in [0.29, 0.717) is 12.8 Å². The summed E-state index contributed by atoms with van der Waals surface area (Å²) in [6, 6.07) is 0. The van der Waals surface area contributed by atoms with Gasteiger partial charge in [0.15, 0.2) is 0 Å². The van der Waals surface area contributed by atoms with Crippen LogP contribution in [0.2, 0.25) is 0 Å². The fraction of sp³-hybridized carbons (Fsp3) is 0.800. The number of carboxylic acid groups (broad SMARTS) is 2. The first kappa shape index (κ1) is 11.0. The van der Waals surface area contributed by atoms with Crippen LogP contribution in [-0.2, 0) is 9.59 Å². The molecule has 0 aliphatic heterocycles. The Morgan fingerprint density at radius 1 is 1.29 bits per heavy atom. The van der Waals surface area contributed by atoms with E-state index in [9.17, 15) is 9.59 Å². The molecule has 0 atom stereocenters. The largest absolute Gasteiger partial charge is 0.481 e. The van der Waals surface area contributed by atoms with Crippen LogP contribution in [-0.4, -0.2) is 22.2 Å². The summed E-state index contributed by atoms with van der Waals surface area (Å²) in [5.41, 5.74) is -0.630. The van der Waals surface area contributed by atoms with Crippen LogP contribution in [0.25, 0.3) is 0 Å². The Hall–Kier alpha value is -1.06. The zero-order chi connectivity index (χ0) is 10.8. The van der Waals surface area contributed by atoms with Crippen LogP contribution in [0.1, 0.15) is 39.0 Å². The van der Waals surface area contributed by atoms with Crippen LogP contribution < -0.4 is 0 Å². The summed E-state index contributed by atoms with van der Waals surface area (Å²) in [4.78, 5) is 21.3. The Balaban J connectivity index is 2.45. The summed E-state index contributed by atoms with van der Waals surface area (Å²) >= 11 is 0. The van der Waals surface area contributed by atoms with Crippen molar-refractivity contribution in [2.75, 3.05) is 0 Å². The maximum atomic E-state index is 10.9. The third-order valence-electron chi connectivity index (χ3n) is 3.19. The lowest BCUT2D eigenvalue weighted by Crippen LogP contribution is -2.32. The van der Waals surface area contributed by atoms with E-state index in [-0.39, 0.29) is 12.3 Å². The zero-order valence-corrected chi connectivity index (χ0v) is 8.32. The van der Waals surface area contributed by atoms with E-state index in [0.717, 1.165) is 12.8 Å². The van der Waals surface area contributed by atoms with Crippen molar-refractivity contribution in [3.63, 3.8) is 0 Å². The van der Waals surface area contributed by atoms with Crippen molar-refractivity contribution in [1.29, 1.82) is 0 Å². The Morgan fingerprint density at radius 2 is 1.79 bits per heavy atom. The molecule has 1 saturated carbocycles. The maximum Gasteiger partial charge on any atom is 0.309 e. The molecule has 0 heterocycles. The maximum absolute atomic E-state index is 10.9. The molecule has 1 fully saturated rings. The Kier molecular flexibility index (Phi) is 3.13. The Labute approximate surface area is 82.9 Å². The molecule has 4 nitrogen and oxygen atoms in total. The summed E-state index contributed by atoms with van der Waals surface area (Å²) < 4.78 is 0. The molecule has 0 amide bonds. The molecular formula is C10H16O4. The van der Waals surface area contributed by atoms with E-state index in [4.69, 9.17) is 10.2 Å². The first-order valence-corrected chi connectivity index (χ1v) is 4.89. The normalized spacial score (nSPS) is 32.5. The molecule has 0 aromatic heterocycles. The smallest absolute Gasteiger partial charge is 0.309 e. The van der Waals surface area contributed by atoms with Gasteiger partial charge in [0.25, 0.3) is 0 Å². The van der Waals surface area contributed by atoms with Gasteiger partial charge in [-0.3, -0.25) is 9.59 Å². The van der Waals surface area contributed by atoms with Crippen LogP contribution in [0.4, 0.5) is 0 Å². The minimum Gasteiger partial charge on any atom is -0.481 e. The van der Waals surface area contributed by atoms with Gasteiger partial charge in [0.2, 0.25) is 0 Å². The highest BCUT2D eigenvalue weighted by atomic mass is 16.4. The summed E-state index contributed by atoms with van der Waals surface area (Å²) in [6.07, 6.45) is 2.81. The highest BCUT2D eigenvalue weighted by Gasteiger charge is 2.37. The molecule has 2 N–H and O–H groups in total. The molecule has 1 rings (SSSR count). The predicted octanol–water partition coefficient (Wildman–Crippen LogP) is 1.74. The second-order valence-electron chi connectivity index (χ2n) is 4.41. The van der Waals surface area contributed by atoms with Crippen molar-refractivity contribution in [2.24, 2.45) is 11.3 Å². The van der Waals surface area contributed by atoms with E-state index in [2.05, 4.69) is 0 Å². The number of aliphatic carboxylic acids is 2. The molecule has 1 aliphatic carbocycles. The summed E-state index contributed by atoms with van der Waals surface area (Å²) in [5.74, 6) is -1.37. The molecule has 0 saturated heterocycles. The summed E-state index contributed by atoms with van der Waals surface area (Å²) in [5, 5.41) is 17.5. The lowest BCUT2D eigenvalue weighted by molar-refractivity contribution is -0.150. The summed E-state index contributed by atoms with van der Waals surface area (Å²) in [7, 11) is 0. The highest BCUT2D eigenvalue weighted by molar-refractivity contribution is 5.74. The number of hydrogen-bond acceptors (Lipinski definition) is 2. The Bertz CT molecular complexity index is 239. The molecule has 0 aromatic rings. The third-order valence-corrected chi connectivity index (χ3v) is 3.19. The molecule has 0 bridgehead atoms. The number of carbonyl (C=O) groups is 2. The van der Waals surface area contributed by atoms with Gasteiger partial charge in [0.05, 0.1) is 5.41 Å². The Morgan fingerprint density at radius 3 is 2.14 bits per heavy atom. The third kappa shape index (κ3) is 2.47. The van der Waals surface area contributed by atoms with Gasteiger partial charge in [-0.2, -0.15) is 0 Å². The molecule has 0 radical (unpaired) electrons. The van der Waals surface area contributed by atoms with Crippen LogP contribution in [0.15, 0.2) is 0 Å². The van der Waals surface area contributed by atoms with Gasteiger partial charge in [0, 0.05) is 6.42 Å². The van der Waals surface area contributed by atoms with E-state index < -0.39 is 17.4 Å². The van der Waals surface area contributed by atoms with Gasteiger partial charge < -0.3 is 10.2 Å². The number of hydrogen-bond donors (Lipinski definition) is 2. The van der Waals surface area contributed by atoms with Gasteiger partial charge in [-0.1, -0.05) is 0 Å². The zero-order valence-electron chi connectivity index (χ0n) is 8.32. The van der Waals surface area contributed by atoms with Gasteiger partial charge in [0.1, 0.15) is 0 Å². The molecule has 1 aliphatic rings. The van der Waals surface area contributed by atoms with Crippen molar-refractivity contribution in [3.05, 3.63) is 0 Å². The molecule has 80 valence electrons. The topological polar surface area (TPSA) is 74.6 Å². The quantitative estimate of drug-likeness (QED) is 0.727. The van der Waals surface area contributed by atoms with Crippen molar-refractivity contribution in [2.45, 2.75) is 39.0 Å². The van der Waals surface area contributed by atoms with Crippen LogP contribution >= 0.6 is 0 Å². The SMILES string of the molecule is CC1(C(=O)O)CCC(CC(=O)O)CC1. The molecule has 0 spiro atoms. The van der Waals surface area contributed by atoms with Crippen molar-refractivity contribution < 1.29 is 19.8 Å². The van der Waals surface area contributed by atoms with Gasteiger partial charge in [-0.25, -0.2) is 0 Å². The number of carboxylic acids is 2. The minimum atomic E-state index is -0.783. The molecule has 4 heteroatoms. The lowest BCUT2D eigenvalue weighted by atomic mass is 9.71. The van der Waals surface area contributed by atoms with Crippen LogP contribution in [0, 0.1) is 11.3 Å². The lowest BCUT2D eigenvalue weighted by Gasteiger charge is -2.33. The molecule has 0 unspecified atom stereocenters. The monoisotopic (exact) mass is 200 g/mol. The predicted molar refractivity (Wildman–Crippen MR) is 50.0 cm³/mol. The van der Waals surface area contributed by atoms with Gasteiger partial charge in [-0.15, -0.1) is 0 Å². The first-order chi connectivity index (χ1) is 6.44. The van der Waals surface area contributed by atoms with Gasteiger partial charge >= 0.3 is 11.9 Å². The van der Waals surface area contributed by atoms with E-state index in [1.807, 2.05) is 0 Å². The average molecular weight is 200 g/mol. The second kappa shape index (κ2) is 3.98. The molecular weight excluding hydrogens is 184 g/mol. The van der Waals surface area contributed by atoms with Crippen molar-refractivity contribution in [3.8, 4) is 0 Å². The first-order valence-electron chi connectivity index (χ1n) is 4.89. The fourth-order valence-corrected chi connectivity index (χ4v) is 1.98. The molecule has 0 aromatic carbocycles. The van der Waals surface area contributed by atoms with Crippen LogP contribution in [0.5, 0.6) is 0 Å². The average Bonchev–Trinajstić information content (AvgIpc) is 2.08. The van der Waals surface area contributed by atoms with Crippen molar-refractivity contribution >= 4 is 11.9 Å².